The second kappa shape index (κ2) is 6.63. The van der Waals surface area contributed by atoms with Gasteiger partial charge < -0.3 is 14.8 Å². The van der Waals surface area contributed by atoms with Crippen LogP contribution in [0.2, 0.25) is 10.0 Å². The van der Waals surface area contributed by atoms with Crippen LogP contribution in [-0.2, 0) is 6.54 Å². The number of aromatic nitrogens is 1. The summed E-state index contributed by atoms with van der Waals surface area (Å²) in [6.45, 7) is 2.41. The number of piperidine rings is 1. The van der Waals surface area contributed by atoms with Gasteiger partial charge in [-0.3, -0.25) is 4.79 Å². The fraction of sp³-hybridized carbons (Fsp3) is 0.333. The van der Waals surface area contributed by atoms with Gasteiger partial charge in [0.15, 0.2) is 5.11 Å². The maximum atomic E-state index is 12.1. The minimum absolute atomic E-state index is 0.0925. The first kappa shape index (κ1) is 16.9. The number of nitrogens with one attached hydrogen (secondary N) is 1. The van der Waals surface area contributed by atoms with E-state index in [1.807, 2.05) is 10.6 Å². The lowest BCUT2D eigenvalue weighted by molar-refractivity contribution is 0.180. The first-order valence-corrected chi connectivity index (χ1v) is 9.38. The Kier molecular flexibility index (Phi) is 4.48. The van der Waals surface area contributed by atoms with E-state index in [1.54, 1.807) is 24.3 Å². The summed E-state index contributed by atoms with van der Waals surface area (Å²) in [5.41, 5.74) is 1.99. The molecule has 0 radical (unpaired) electrons. The number of halogens is 2. The maximum absolute atomic E-state index is 12.1. The third-order valence-corrected chi connectivity index (χ3v) is 5.68. The molecule has 2 bridgehead atoms. The third-order valence-electron chi connectivity index (χ3n) is 4.88. The molecule has 2 atom stereocenters. The molecule has 0 unspecified atom stereocenters. The number of thiocarbonyl (C=S) groups is 1. The summed E-state index contributed by atoms with van der Waals surface area (Å²) in [4.78, 5) is 14.3. The van der Waals surface area contributed by atoms with E-state index in [9.17, 15) is 4.79 Å². The van der Waals surface area contributed by atoms with Crippen molar-refractivity contribution in [2.24, 2.45) is 5.92 Å². The summed E-state index contributed by atoms with van der Waals surface area (Å²) in [6, 6.07) is 10.8. The molecule has 2 aliphatic heterocycles. The van der Waals surface area contributed by atoms with E-state index in [0.717, 1.165) is 37.4 Å². The molecule has 130 valence electrons. The van der Waals surface area contributed by atoms with Crippen molar-refractivity contribution >= 4 is 46.2 Å². The Morgan fingerprint density at radius 1 is 1.12 bits per heavy atom. The summed E-state index contributed by atoms with van der Waals surface area (Å²) in [5.74, 6) is 0.748. The van der Waals surface area contributed by atoms with Crippen LogP contribution in [0.4, 0.5) is 5.69 Å². The molecule has 0 saturated carbocycles. The van der Waals surface area contributed by atoms with Crippen molar-refractivity contribution in [2.75, 3.05) is 18.4 Å². The number of benzene rings is 1. The average molecular weight is 394 g/mol. The highest BCUT2D eigenvalue weighted by Crippen LogP contribution is 2.35. The van der Waals surface area contributed by atoms with E-state index in [4.69, 9.17) is 35.4 Å². The maximum Gasteiger partial charge on any atom is 0.250 e. The van der Waals surface area contributed by atoms with E-state index < -0.39 is 0 Å². The summed E-state index contributed by atoms with van der Waals surface area (Å²) in [5, 5.41) is 5.05. The van der Waals surface area contributed by atoms with Gasteiger partial charge in [-0.05, 0) is 48.8 Å². The first-order valence-electron chi connectivity index (χ1n) is 8.21. The molecule has 1 N–H and O–H groups in total. The van der Waals surface area contributed by atoms with Crippen LogP contribution in [0, 0.1) is 5.92 Å². The van der Waals surface area contributed by atoms with Gasteiger partial charge in [-0.2, -0.15) is 0 Å². The quantitative estimate of drug-likeness (QED) is 0.743. The molecule has 4 nitrogen and oxygen atoms in total. The summed E-state index contributed by atoms with van der Waals surface area (Å²) in [6.07, 6.45) is 1.10. The standard InChI is InChI=1S/C18H17Cl2N3OS/c19-13-5-14(20)7-15(6-13)21-18(25)22-8-11-4-12(10-22)16-2-1-3-17(24)23(16)9-11/h1-3,5-7,11-12H,4,8-10H2,(H,21,25)/t11-,12-/m0/s1. The van der Waals surface area contributed by atoms with Crippen LogP contribution in [0.25, 0.3) is 0 Å². The summed E-state index contributed by atoms with van der Waals surface area (Å²) in [7, 11) is 0. The van der Waals surface area contributed by atoms with Crippen molar-refractivity contribution in [2.45, 2.75) is 18.9 Å². The number of fused-ring (bicyclic) bond motifs is 4. The fourth-order valence-corrected chi connectivity index (χ4v) is 4.68. The number of rotatable bonds is 1. The molecule has 2 aromatic rings. The minimum Gasteiger partial charge on any atom is -0.348 e. The normalized spacial score (nSPS) is 21.6. The van der Waals surface area contributed by atoms with Crippen LogP contribution in [0.3, 0.4) is 0 Å². The highest BCUT2D eigenvalue weighted by atomic mass is 35.5. The van der Waals surface area contributed by atoms with E-state index >= 15 is 0 Å². The summed E-state index contributed by atoms with van der Waals surface area (Å²) >= 11 is 17.7. The Morgan fingerprint density at radius 3 is 2.64 bits per heavy atom. The molecule has 3 heterocycles. The molecule has 7 heteroatoms. The zero-order valence-electron chi connectivity index (χ0n) is 13.4. The molecule has 0 amide bonds. The molecule has 25 heavy (non-hydrogen) atoms. The Morgan fingerprint density at radius 2 is 1.88 bits per heavy atom. The Labute approximate surface area is 161 Å². The third kappa shape index (κ3) is 3.41. The van der Waals surface area contributed by atoms with Gasteiger partial charge in [-0.15, -0.1) is 0 Å². The monoisotopic (exact) mass is 393 g/mol. The smallest absolute Gasteiger partial charge is 0.250 e. The molecule has 2 aliphatic rings. The molecule has 0 aliphatic carbocycles. The van der Waals surface area contributed by atoms with Crippen molar-refractivity contribution in [3.63, 3.8) is 0 Å². The topological polar surface area (TPSA) is 37.3 Å². The molecule has 1 saturated heterocycles. The zero-order valence-corrected chi connectivity index (χ0v) is 15.7. The Bertz CT molecular complexity index is 878. The number of likely N-dealkylation sites (tertiary alicyclic amines) is 1. The largest absolute Gasteiger partial charge is 0.348 e. The van der Waals surface area contributed by atoms with Gasteiger partial charge in [-0.1, -0.05) is 29.3 Å². The SMILES string of the molecule is O=c1cccc2n1C[C@H]1C[C@H]2CN(C(=S)Nc2cc(Cl)cc(Cl)c2)C1. The lowest BCUT2D eigenvalue weighted by Gasteiger charge is -2.43. The van der Waals surface area contributed by atoms with Crippen LogP contribution in [0.5, 0.6) is 0 Å². The van der Waals surface area contributed by atoms with E-state index in [1.165, 1.54) is 0 Å². The number of pyridine rings is 1. The van der Waals surface area contributed by atoms with E-state index in [2.05, 4.69) is 16.3 Å². The van der Waals surface area contributed by atoms with Gasteiger partial charge in [-0.25, -0.2) is 0 Å². The highest BCUT2D eigenvalue weighted by molar-refractivity contribution is 7.80. The number of nitrogens with zero attached hydrogens (tertiary/aromatic N) is 2. The van der Waals surface area contributed by atoms with Crippen LogP contribution in [-0.4, -0.2) is 27.7 Å². The molecule has 4 rings (SSSR count). The van der Waals surface area contributed by atoms with Gasteiger partial charge in [0.05, 0.1) is 0 Å². The van der Waals surface area contributed by atoms with Crippen molar-refractivity contribution in [3.05, 3.63) is 62.5 Å². The second-order valence-electron chi connectivity index (χ2n) is 6.69. The van der Waals surface area contributed by atoms with Crippen molar-refractivity contribution < 1.29 is 0 Å². The summed E-state index contributed by atoms with van der Waals surface area (Å²) < 4.78 is 1.92. The van der Waals surface area contributed by atoms with Gasteiger partial charge in [0, 0.05) is 53.0 Å². The van der Waals surface area contributed by atoms with Crippen molar-refractivity contribution in [1.29, 1.82) is 0 Å². The second-order valence-corrected chi connectivity index (χ2v) is 7.95. The number of anilines is 1. The first-order chi connectivity index (χ1) is 12.0. The molecule has 1 fully saturated rings. The lowest BCUT2D eigenvalue weighted by Crippen LogP contribution is -2.50. The number of hydrogen-bond donors (Lipinski definition) is 1. The minimum atomic E-state index is 0.0925. The van der Waals surface area contributed by atoms with Crippen molar-refractivity contribution in [3.8, 4) is 0 Å². The molecule has 0 spiro atoms. The van der Waals surface area contributed by atoms with E-state index in [0.29, 0.717) is 27.0 Å². The number of hydrogen-bond acceptors (Lipinski definition) is 2. The predicted octanol–water partition coefficient (Wildman–Crippen LogP) is 3.97. The highest BCUT2D eigenvalue weighted by Gasteiger charge is 2.35. The van der Waals surface area contributed by atoms with Gasteiger partial charge in [0.1, 0.15) is 0 Å². The molecule has 1 aromatic heterocycles. The van der Waals surface area contributed by atoms with Crippen LogP contribution in [0.1, 0.15) is 18.0 Å². The van der Waals surface area contributed by atoms with Crippen LogP contribution < -0.4 is 10.9 Å². The predicted molar refractivity (Wildman–Crippen MR) is 106 cm³/mol. The zero-order chi connectivity index (χ0) is 17.6. The van der Waals surface area contributed by atoms with Crippen LogP contribution in [0.15, 0.2) is 41.2 Å². The van der Waals surface area contributed by atoms with Crippen molar-refractivity contribution in [1.82, 2.24) is 9.47 Å². The Balaban J connectivity index is 1.53. The van der Waals surface area contributed by atoms with Gasteiger partial charge in [0.2, 0.25) is 0 Å². The Hall–Kier alpha value is -1.56. The van der Waals surface area contributed by atoms with Gasteiger partial charge >= 0.3 is 0 Å². The fourth-order valence-electron chi connectivity index (χ4n) is 3.89. The average Bonchev–Trinajstić information content (AvgIpc) is 2.55. The van der Waals surface area contributed by atoms with Crippen LogP contribution >= 0.6 is 35.4 Å². The molecule has 1 aromatic carbocycles. The van der Waals surface area contributed by atoms with E-state index in [-0.39, 0.29) is 5.56 Å². The van der Waals surface area contributed by atoms with Gasteiger partial charge in [0.25, 0.3) is 5.56 Å². The lowest BCUT2D eigenvalue weighted by atomic mass is 9.83. The molecular weight excluding hydrogens is 377 g/mol. The molecular formula is C18H17Cl2N3OS.